The summed E-state index contributed by atoms with van der Waals surface area (Å²) in [6, 6.07) is 5.68. The van der Waals surface area contributed by atoms with E-state index in [1.807, 2.05) is 6.92 Å². The molecule has 6 nitrogen and oxygen atoms in total. The number of anilines is 1. The quantitative estimate of drug-likeness (QED) is 0.456. The van der Waals surface area contributed by atoms with Gasteiger partial charge in [0.1, 0.15) is 12.4 Å². The Labute approximate surface area is 161 Å². The third kappa shape index (κ3) is 7.17. The Balaban J connectivity index is 1.88. The van der Waals surface area contributed by atoms with Crippen LogP contribution in [0.5, 0.6) is 0 Å². The van der Waals surface area contributed by atoms with Crippen molar-refractivity contribution in [2.45, 2.75) is 39.0 Å². The van der Waals surface area contributed by atoms with E-state index in [1.165, 1.54) is 49.9 Å². The molecule has 0 radical (unpaired) electrons. The molecule has 0 spiro atoms. The molecular weight excluding hydrogens is 347 g/mol. The number of hydrogen-bond acceptors (Lipinski definition) is 3. The summed E-state index contributed by atoms with van der Waals surface area (Å²) in [5, 5.41) is 9.29. The average Bonchev–Trinajstić information content (AvgIpc) is 3.13. The molecule has 0 aliphatic heterocycles. The number of carbonyl (C=O) groups excluding carboxylic acids is 1. The molecular formula is C20H31FN4O2. The second kappa shape index (κ2) is 10.9. The van der Waals surface area contributed by atoms with Gasteiger partial charge in [0.2, 0.25) is 5.91 Å². The number of benzene rings is 1. The van der Waals surface area contributed by atoms with Gasteiger partial charge in [-0.15, -0.1) is 0 Å². The molecule has 1 amide bonds. The van der Waals surface area contributed by atoms with Crippen molar-refractivity contribution in [2.24, 2.45) is 10.4 Å². The second-order valence-electron chi connectivity index (χ2n) is 7.05. The molecule has 1 fully saturated rings. The van der Waals surface area contributed by atoms with Gasteiger partial charge >= 0.3 is 0 Å². The molecule has 150 valence electrons. The summed E-state index contributed by atoms with van der Waals surface area (Å²) in [6.45, 7) is 4.29. The van der Waals surface area contributed by atoms with Gasteiger partial charge in [-0.3, -0.25) is 4.79 Å². The van der Waals surface area contributed by atoms with E-state index in [0.717, 1.165) is 26.1 Å². The van der Waals surface area contributed by atoms with Gasteiger partial charge in [-0.05, 0) is 55.9 Å². The maximum atomic E-state index is 12.9. The Morgan fingerprint density at radius 1 is 1.22 bits per heavy atom. The first kappa shape index (κ1) is 21.2. The number of nitrogens with one attached hydrogen (secondary N) is 3. The topological polar surface area (TPSA) is 74.8 Å². The Hall–Kier alpha value is -2.15. The highest BCUT2D eigenvalue weighted by atomic mass is 19.1. The number of nitrogens with zero attached hydrogens (tertiary/aromatic N) is 1. The maximum absolute atomic E-state index is 12.9. The van der Waals surface area contributed by atoms with Crippen molar-refractivity contribution in [3.63, 3.8) is 0 Å². The smallest absolute Gasteiger partial charge is 0.246 e. The van der Waals surface area contributed by atoms with Gasteiger partial charge in [-0.2, -0.15) is 0 Å². The molecule has 0 saturated heterocycles. The molecule has 1 saturated carbocycles. The first-order valence-electron chi connectivity index (χ1n) is 9.63. The van der Waals surface area contributed by atoms with E-state index in [-0.39, 0.29) is 23.7 Å². The van der Waals surface area contributed by atoms with Crippen molar-refractivity contribution >= 4 is 17.6 Å². The van der Waals surface area contributed by atoms with E-state index in [9.17, 15) is 9.18 Å². The zero-order chi connectivity index (χ0) is 19.5. The van der Waals surface area contributed by atoms with Gasteiger partial charge in [0.05, 0.1) is 0 Å². The standard InChI is InChI=1S/C20H31FN4O2/c1-3-22-19(24-15-20(12-13-27-2)10-4-5-11-20)23-14-18(26)25-17-8-6-16(21)7-9-17/h6-9H,3-5,10-15H2,1-2H3,(H,25,26)(H2,22,23,24). The lowest BCUT2D eigenvalue weighted by molar-refractivity contribution is -0.114. The summed E-state index contributed by atoms with van der Waals surface area (Å²) in [5.74, 6) is 0.0585. The van der Waals surface area contributed by atoms with Crippen LogP contribution in [0.3, 0.4) is 0 Å². The van der Waals surface area contributed by atoms with Crippen LogP contribution in [0.15, 0.2) is 29.3 Å². The summed E-state index contributed by atoms with van der Waals surface area (Å²) in [4.78, 5) is 16.5. The minimum atomic E-state index is -0.334. The van der Waals surface area contributed by atoms with Crippen LogP contribution in [0.4, 0.5) is 10.1 Å². The van der Waals surface area contributed by atoms with Crippen molar-refractivity contribution in [1.82, 2.24) is 10.6 Å². The normalized spacial score (nSPS) is 16.2. The van der Waals surface area contributed by atoms with E-state index in [2.05, 4.69) is 20.9 Å². The number of guanidine groups is 1. The summed E-state index contributed by atoms with van der Waals surface area (Å²) in [6.07, 6.45) is 5.90. The van der Waals surface area contributed by atoms with E-state index in [4.69, 9.17) is 4.74 Å². The van der Waals surface area contributed by atoms with Crippen LogP contribution in [-0.2, 0) is 9.53 Å². The summed E-state index contributed by atoms with van der Waals surface area (Å²) < 4.78 is 18.2. The van der Waals surface area contributed by atoms with Gasteiger partial charge < -0.3 is 20.7 Å². The predicted molar refractivity (Wildman–Crippen MR) is 106 cm³/mol. The van der Waals surface area contributed by atoms with E-state index in [0.29, 0.717) is 11.6 Å². The van der Waals surface area contributed by atoms with Gasteiger partial charge in [-0.1, -0.05) is 12.8 Å². The maximum Gasteiger partial charge on any atom is 0.246 e. The molecule has 27 heavy (non-hydrogen) atoms. The second-order valence-corrected chi connectivity index (χ2v) is 7.05. The van der Waals surface area contributed by atoms with E-state index in [1.54, 1.807) is 7.11 Å². The van der Waals surface area contributed by atoms with Crippen molar-refractivity contribution in [3.8, 4) is 0 Å². The highest BCUT2D eigenvalue weighted by Crippen LogP contribution is 2.40. The zero-order valence-electron chi connectivity index (χ0n) is 16.3. The molecule has 1 aliphatic rings. The number of halogens is 1. The van der Waals surface area contributed by atoms with Crippen LogP contribution >= 0.6 is 0 Å². The minimum Gasteiger partial charge on any atom is -0.385 e. The summed E-state index contributed by atoms with van der Waals surface area (Å²) in [5.41, 5.74) is 0.793. The molecule has 0 atom stereocenters. The van der Waals surface area contributed by atoms with Crippen LogP contribution in [0.2, 0.25) is 0 Å². The molecule has 1 aromatic carbocycles. The molecule has 3 N–H and O–H groups in total. The number of rotatable bonds is 9. The van der Waals surface area contributed by atoms with Crippen LogP contribution in [-0.4, -0.2) is 45.2 Å². The summed E-state index contributed by atoms with van der Waals surface area (Å²) >= 11 is 0. The molecule has 7 heteroatoms. The Morgan fingerprint density at radius 3 is 2.56 bits per heavy atom. The molecule has 0 aromatic heterocycles. The largest absolute Gasteiger partial charge is 0.385 e. The highest BCUT2D eigenvalue weighted by molar-refractivity contribution is 5.94. The molecule has 1 aromatic rings. The number of hydrogen-bond donors (Lipinski definition) is 3. The number of aliphatic imine (C=N–C) groups is 1. The Kier molecular flexibility index (Phi) is 8.51. The van der Waals surface area contributed by atoms with Gasteiger partial charge in [0, 0.05) is 32.5 Å². The lowest BCUT2D eigenvalue weighted by atomic mass is 9.83. The monoisotopic (exact) mass is 378 g/mol. The Bertz CT molecular complexity index is 613. The molecule has 2 rings (SSSR count). The number of methoxy groups -OCH3 is 1. The Morgan fingerprint density at radius 2 is 1.93 bits per heavy atom. The van der Waals surface area contributed by atoms with Crippen LogP contribution in [0, 0.1) is 11.2 Å². The first-order valence-corrected chi connectivity index (χ1v) is 9.63. The first-order chi connectivity index (χ1) is 13.1. The van der Waals surface area contributed by atoms with Gasteiger partial charge in [0.15, 0.2) is 5.96 Å². The lowest BCUT2D eigenvalue weighted by Crippen LogP contribution is -2.43. The molecule has 1 aliphatic carbocycles. The fourth-order valence-electron chi connectivity index (χ4n) is 3.46. The predicted octanol–water partition coefficient (Wildman–Crippen LogP) is 2.92. The third-order valence-corrected chi connectivity index (χ3v) is 4.98. The van der Waals surface area contributed by atoms with Crippen molar-refractivity contribution in [2.75, 3.05) is 38.7 Å². The minimum absolute atomic E-state index is 0.00220. The molecule has 0 bridgehead atoms. The third-order valence-electron chi connectivity index (χ3n) is 4.98. The number of carbonyl (C=O) groups is 1. The van der Waals surface area contributed by atoms with Crippen LogP contribution < -0.4 is 16.0 Å². The SMILES string of the molecule is CCNC(=NCC(=O)Nc1ccc(F)cc1)NCC1(CCOC)CCCC1. The molecule has 0 unspecified atom stereocenters. The van der Waals surface area contributed by atoms with Crippen LogP contribution in [0.1, 0.15) is 39.0 Å². The van der Waals surface area contributed by atoms with Crippen molar-refractivity contribution < 1.29 is 13.9 Å². The van der Waals surface area contributed by atoms with Crippen LogP contribution in [0.25, 0.3) is 0 Å². The fourth-order valence-corrected chi connectivity index (χ4v) is 3.46. The van der Waals surface area contributed by atoms with Crippen molar-refractivity contribution in [3.05, 3.63) is 30.1 Å². The number of amides is 1. The fraction of sp³-hybridized carbons (Fsp3) is 0.600. The van der Waals surface area contributed by atoms with E-state index < -0.39 is 0 Å². The molecule has 0 heterocycles. The van der Waals surface area contributed by atoms with Gasteiger partial charge in [-0.25, -0.2) is 9.38 Å². The van der Waals surface area contributed by atoms with Crippen molar-refractivity contribution in [1.29, 1.82) is 0 Å². The average molecular weight is 378 g/mol. The zero-order valence-corrected chi connectivity index (χ0v) is 16.3. The number of ether oxygens (including phenoxy) is 1. The summed E-state index contributed by atoms with van der Waals surface area (Å²) in [7, 11) is 1.74. The van der Waals surface area contributed by atoms with E-state index >= 15 is 0 Å². The highest BCUT2D eigenvalue weighted by Gasteiger charge is 2.33. The lowest BCUT2D eigenvalue weighted by Gasteiger charge is -2.29. The van der Waals surface area contributed by atoms with Gasteiger partial charge in [0.25, 0.3) is 0 Å².